The largest absolute Gasteiger partial charge is 0.454 e. The molecule has 200 valence electrons. The summed E-state index contributed by atoms with van der Waals surface area (Å²) in [6, 6.07) is 7.11. The zero-order valence-electron chi connectivity index (χ0n) is 20.9. The lowest BCUT2D eigenvalue weighted by Crippen LogP contribution is -2.61. The number of anilines is 1. The highest BCUT2D eigenvalue weighted by Gasteiger charge is 2.46. The highest BCUT2D eigenvalue weighted by atomic mass is 19.3. The van der Waals surface area contributed by atoms with Crippen LogP contribution < -0.4 is 4.90 Å². The normalized spacial score (nSPS) is 21.4. The van der Waals surface area contributed by atoms with E-state index in [1.807, 2.05) is 17.0 Å². The van der Waals surface area contributed by atoms with Crippen LogP contribution in [0.2, 0.25) is 0 Å². The summed E-state index contributed by atoms with van der Waals surface area (Å²) in [5.41, 5.74) is 2.40. The van der Waals surface area contributed by atoms with Crippen molar-refractivity contribution in [2.75, 3.05) is 57.4 Å². The van der Waals surface area contributed by atoms with Crippen LogP contribution in [-0.2, 0) is 11.3 Å². The Morgan fingerprint density at radius 2 is 1.82 bits per heavy atom. The van der Waals surface area contributed by atoms with Crippen LogP contribution in [0.25, 0.3) is 33.4 Å². The molecule has 4 aromatic rings. The molecule has 38 heavy (non-hydrogen) atoms. The van der Waals surface area contributed by atoms with E-state index in [9.17, 15) is 8.78 Å². The van der Waals surface area contributed by atoms with Gasteiger partial charge >= 0.3 is 0 Å². The van der Waals surface area contributed by atoms with Crippen LogP contribution in [-0.4, -0.2) is 89.2 Å². The lowest BCUT2D eigenvalue weighted by molar-refractivity contribution is -0.151. The molecule has 3 saturated heterocycles. The number of alkyl halides is 2. The van der Waals surface area contributed by atoms with Gasteiger partial charge in [0.15, 0.2) is 17.2 Å². The Balaban J connectivity index is 1.19. The van der Waals surface area contributed by atoms with Crippen LogP contribution in [0, 0.1) is 5.82 Å². The van der Waals surface area contributed by atoms with Gasteiger partial charge in [0.25, 0.3) is 5.92 Å². The zero-order valence-corrected chi connectivity index (χ0v) is 20.9. The average Bonchev–Trinajstić information content (AvgIpc) is 3.54. The number of benzene rings is 1. The summed E-state index contributed by atoms with van der Waals surface area (Å²) in [4.78, 5) is 19.0. The first-order valence-corrected chi connectivity index (χ1v) is 13.2. The number of aromatic nitrogens is 3. The highest BCUT2D eigenvalue weighted by Crippen LogP contribution is 2.36. The van der Waals surface area contributed by atoms with Gasteiger partial charge in [-0.1, -0.05) is 0 Å². The van der Waals surface area contributed by atoms with Crippen LogP contribution in [0.1, 0.15) is 18.6 Å². The number of furan rings is 1. The number of nitrogens with one attached hydrogen (secondary N) is 1. The van der Waals surface area contributed by atoms with Gasteiger partial charge in [0.2, 0.25) is 0 Å². The third-order valence-corrected chi connectivity index (χ3v) is 7.94. The second kappa shape index (κ2) is 9.25. The van der Waals surface area contributed by atoms with Crippen molar-refractivity contribution in [1.29, 1.82) is 0 Å². The number of H-pyrrole nitrogens is 1. The van der Waals surface area contributed by atoms with E-state index in [-0.39, 0.29) is 24.9 Å². The van der Waals surface area contributed by atoms with Gasteiger partial charge in [-0.2, -0.15) is 0 Å². The predicted octanol–water partition coefficient (Wildman–Crippen LogP) is 4.26. The van der Waals surface area contributed by atoms with Gasteiger partial charge in [-0.05, 0) is 31.0 Å². The molecule has 11 heteroatoms. The molecular weight excluding hydrogens is 497 g/mol. The first kappa shape index (κ1) is 23.9. The number of ether oxygens (including phenoxy) is 1. The van der Waals surface area contributed by atoms with E-state index < -0.39 is 5.92 Å². The van der Waals surface area contributed by atoms with Crippen molar-refractivity contribution in [1.82, 2.24) is 24.8 Å². The van der Waals surface area contributed by atoms with Gasteiger partial charge in [-0.3, -0.25) is 9.80 Å². The fourth-order valence-electron chi connectivity index (χ4n) is 5.95. The number of nitrogens with zero attached hydrogens (tertiary/aromatic N) is 5. The Morgan fingerprint density at radius 3 is 2.58 bits per heavy atom. The maximum atomic E-state index is 15.1. The molecule has 7 rings (SSSR count). The third kappa shape index (κ3) is 4.32. The van der Waals surface area contributed by atoms with Crippen LogP contribution in [0.15, 0.2) is 34.9 Å². The molecule has 6 heterocycles. The third-order valence-electron chi connectivity index (χ3n) is 7.94. The van der Waals surface area contributed by atoms with Crippen LogP contribution in [0.4, 0.5) is 19.0 Å². The van der Waals surface area contributed by atoms with Crippen LogP contribution >= 0.6 is 0 Å². The molecule has 3 aromatic heterocycles. The Labute approximate surface area is 217 Å². The van der Waals surface area contributed by atoms with E-state index in [4.69, 9.17) is 19.1 Å². The van der Waals surface area contributed by atoms with Gasteiger partial charge in [-0.25, -0.2) is 23.1 Å². The van der Waals surface area contributed by atoms with Crippen molar-refractivity contribution in [2.45, 2.75) is 31.4 Å². The quantitative estimate of drug-likeness (QED) is 0.417. The molecule has 1 N–H and O–H groups in total. The highest BCUT2D eigenvalue weighted by molar-refractivity contribution is 5.96. The molecule has 0 radical (unpaired) electrons. The van der Waals surface area contributed by atoms with E-state index in [1.54, 1.807) is 12.3 Å². The van der Waals surface area contributed by atoms with Crippen molar-refractivity contribution in [3.63, 3.8) is 0 Å². The fourth-order valence-corrected chi connectivity index (χ4v) is 5.95. The van der Waals surface area contributed by atoms with Crippen molar-refractivity contribution >= 4 is 27.8 Å². The zero-order chi connectivity index (χ0) is 25.9. The first-order valence-electron chi connectivity index (χ1n) is 13.2. The Morgan fingerprint density at radius 1 is 1.03 bits per heavy atom. The minimum absolute atomic E-state index is 0.121. The van der Waals surface area contributed by atoms with Gasteiger partial charge in [0, 0.05) is 55.4 Å². The molecular formula is C27H29F3N6O2. The van der Waals surface area contributed by atoms with E-state index >= 15 is 4.39 Å². The van der Waals surface area contributed by atoms with Crippen molar-refractivity contribution < 1.29 is 22.3 Å². The average molecular weight is 527 g/mol. The lowest BCUT2D eigenvalue weighted by Gasteiger charge is -2.46. The molecule has 3 aliphatic heterocycles. The number of aromatic amines is 1. The number of halogens is 3. The molecule has 0 unspecified atom stereocenters. The molecule has 0 bridgehead atoms. The van der Waals surface area contributed by atoms with Crippen LogP contribution in [0.5, 0.6) is 0 Å². The Hall–Kier alpha value is -3.15. The number of morpholine rings is 1. The van der Waals surface area contributed by atoms with Crippen molar-refractivity contribution in [3.8, 4) is 11.4 Å². The van der Waals surface area contributed by atoms with Crippen molar-refractivity contribution in [2.24, 2.45) is 0 Å². The van der Waals surface area contributed by atoms with Gasteiger partial charge in [0.05, 0.1) is 38.4 Å². The smallest absolute Gasteiger partial charge is 0.272 e. The standard InChI is InChI=1S/C27H29F3N6O2/c28-20-1-2-21-19(3-6-31-21)23(20)25-32-22-13-18(38-24(22)26(33-25)35-9-11-37-12-10-35)14-34-7-4-17(5-8-34)36-15-27(29,30)16-36/h1-3,6,13,17,31H,4-5,7-12,14-16H2. The summed E-state index contributed by atoms with van der Waals surface area (Å²) in [5, 5.41) is 0.726. The molecule has 3 fully saturated rings. The van der Waals surface area contributed by atoms with E-state index in [1.165, 1.54) is 6.07 Å². The minimum atomic E-state index is -2.53. The maximum Gasteiger partial charge on any atom is 0.272 e. The van der Waals surface area contributed by atoms with Crippen LogP contribution in [0.3, 0.4) is 0 Å². The summed E-state index contributed by atoms with van der Waals surface area (Å²) in [7, 11) is 0. The number of rotatable bonds is 5. The second-order valence-corrected chi connectivity index (χ2v) is 10.5. The number of likely N-dealkylation sites (tertiary alicyclic amines) is 2. The molecule has 0 saturated carbocycles. The molecule has 8 nitrogen and oxygen atoms in total. The van der Waals surface area contributed by atoms with Gasteiger partial charge in [0.1, 0.15) is 17.1 Å². The van der Waals surface area contributed by atoms with E-state index in [0.717, 1.165) is 42.6 Å². The predicted molar refractivity (Wildman–Crippen MR) is 137 cm³/mol. The lowest BCUT2D eigenvalue weighted by atomic mass is 9.98. The molecule has 0 atom stereocenters. The molecule has 3 aliphatic rings. The second-order valence-electron chi connectivity index (χ2n) is 10.5. The SMILES string of the molecule is Fc1ccc2[nH]ccc2c1-c1nc(N2CCOCC2)c2oc(CN3CCC(N4CC(F)(F)C4)CC3)cc2n1. The number of hydrogen-bond acceptors (Lipinski definition) is 7. The van der Waals surface area contributed by atoms with Crippen molar-refractivity contribution in [3.05, 3.63) is 42.0 Å². The summed E-state index contributed by atoms with van der Waals surface area (Å²) < 4.78 is 53.6. The maximum absolute atomic E-state index is 15.1. The van der Waals surface area contributed by atoms with E-state index in [2.05, 4.69) is 14.8 Å². The summed E-state index contributed by atoms with van der Waals surface area (Å²) in [6.45, 7) is 4.45. The Bertz CT molecular complexity index is 1460. The number of hydrogen-bond donors (Lipinski definition) is 1. The van der Waals surface area contributed by atoms with Gasteiger partial charge < -0.3 is 19.0 Å². The number of fused-ring (bicyclic) bond motifs is 2. The van der Waals surface area contributed by atoms with E-state index in [0.29, 0.717) is 61.2 Å². The molecule has 0 spiro atoms. The molecule has 0 aliphatic carbocycles. The molecule has 1 aromatic carbocycles. The monoisotopic (exact) mass is 526 g/mol. The Kier molecular flexibility index (Phi) is 5.82. The fraction of sp³-hybridized carbons (Fsp3) is 0.481. The topological polar surface area (TPSA) is 73.7 Å². The molecule has 0 amide bonds. The van der Waals surface area contributed by atoms with Gasteiger partial charge in [-0.15, -0.1) is 0 Å². The first-order chi connectivity index (χ1) is 18.4. The minimum Gasteiger partial charge on any atom is -0.454 e. The summed E-state index contributed by atoms with van der Waals surface area (Å²) in [5.74, 6) is -1.18. The number of piperidine rings is 1. The summed E-state index contributed by atoms with van der Waals surface area (Å²) in [6.07, 6.45) is 3.50. The summed E-state index contributed by atoms with van der Waals surface area (Å²) >= 11 is 0.